The van der Waals surface area contributed by atoms with E-state index in [1.807, 2.05) is 26.0 Å². The molecule has 0 radical (unpaired) electrons. The normalized spacial score (nSPS) is 12.7. The van der Waals surface area contributed by atoms with Crippen LogP contribution in [-0.2, 0) is 14.6 Å². The first kappa shape index (κ1) is 17.2. The third kappa shape index (κ3) is 3.62. The Morgan fingerprint density at radius 3 is 2.26 bits per heavy atom. The topological polar surface area (TPSA) is 63.2 Å². The zero-order chi connectivity index (χ0) is 17.2. The van der Waals surface area contributed by atoms with E-state index in [9.17, 15) is 13.2 Å². The summed E-state index contributed by atoms with van der Waals surface area (Å²) in [6.45, 7) is 6.92. The molecule has 2 aromatic rings. The molecule has 0 saturated heterocycles. The molecule has 0 bridgehead atoms. The molecule has 4 nitrogen and oxygen atoms in total. The molecular formula is C18H21NO3S. The van der Waals surface area contributed by atoms with Crippen LogP contribution in [0.1, 0.15) is 23.6 Å². The van der Waals surface area contributed by atoms with Gasteiger partial charge in [-0.15, -0.1) is 0 Å². The predicted octanol–water partition coefficient (Wildman–Crippen LogP) is 3.41. The van der Waals surface area contributed by atoms with Crippen molar-refractivity contribution in [3.8, 4) is 0 Å². The first-order valence-electron chi connectivity index (χ1n) is 7.41. The van der Waals surface area contributed by atoms with Crippen LogP contribution >= 0.6 is 0 Å². The molecule has 0 saturated carbocycles. The van der Waals surface area contributed by atoms with Crippen molar-refractivity contribution >= 4 is 21.4 Å². The van der Waals surface area contributed by atoms with E-state index < -0.39 is 21.0 Å². The van der Waals surface area contributed by atoms with Gasteiger partial charge in [0.1, 0.15) is 5.25 Å². The summed E-state index contributed by atoms with van der Waals surface area (Å²) < 4.78 is 25.4. The van der Waals surface area contributed by atoms with Gasteiger partial charge in [-0.2, -0.15) is 0 Å². The van der Waals surface area contributed by atoms with Crippen LogP contribution in [-0.4, -0.2) is 19.6 Å². The van der Waals surface area contributed by atoms with Crippen molar-refractivity contribution in [2.75, 3.05) is 5.32 Å². The molecular weight excluding hydrogens is 310 g/mol. The van der Waals surface area contributed by atoms with Crippen molar-refractivity contribution in [2.24, 2.45) is 0 Å². The van der Waals surface area contributed by atoms with Gasteiger partial charge in [0.25, 0.3) is 0 Å². The Morgan fingerprint density at radius 2 is 1.65 bits per heavy atom. The second-order valence-electron chi connectivity index (χ2n) is 5.76. The van der Waals surface area contributed by atoms with Gasteiger partial charge >= 0.3 is 0 Å². The zero-order valence-corrected chi connectivity index (χ0v) is 14.6. The summed E-state index contributed by atoms with van der Waals surface area (Å²) in [5.74, 6) is -0.528. The third-order valence-corrected chi connectivity index (χ3v) is 6.09. The van der Waals surface area contributed by atoms with E-state index >= 15 is 0 Å². The maximum atomic E-state index is 12.7. The molecule has 0 aliphatic rings. The van der Waals surface area contributed by atoms with Crippen molar-refractivity contribution < 1.29 is 13.2 Å². The lowest BCUT2D eigenvalue weighted by Crippen LogP contribution is -2.33. The SMILES string of the molecule is Cc1ccc(S(=O)(=O)C(C)C(=O)Nc2ccccc2C)c(C)c1. The van der Waals surface area contributed by atoms with E-state index in [2.05, 4.69) is 5.32 Å². The van der Waals surface area contributed by atoms with Crippen LogP contribution in [0.5, 0.6) is 0 Å². The van der Waals surface area contributed by atoms with Crippen molar-refractivity contribution in [2.45, 2.75) is 37.8 Å². The second-order valence-corrected chi connectivity index (χ2v) is 8.00. The highest BCUT2D eigenvalue weighted by atomic mass is 32.2. The summed E-state index contributed by atoms with van der Waals surface area (Å²) in [5.41, 5.74) is 3.15. The number of rotatable bonds is 4. The Hall–Kier alpha value is -2.14. The maximum absolute atomic E-state index is 12.7. The fraction of sp³-hybridized carbons (Fsp3) is 0.278. The van der Waals surface area contributed by atoms with Gasteiger partial charge in [-0.25, -0.2) is 8.42 Å². The van der Waals surface area contributed by atoms with Gasteiger partial charge in [0.2, 0.25) is 5.91 Å². The molecule has 23 heavy (non-hydrogen) atoms. The van der Waals surface area contributed by atoms with E-state index in [-0.39, 0.29) is 4.90 Å². The quantitative estimate of drug-likeness (QED) is 0.934. The second kappa shape index (κ2) is 6.54. The Morgan fingerprint density at radius 1 is 1.00 bits per heavy atom. The molecule has 2 rings (SSSR count). The number of aryl methyl sites for hydroxylation is 3. The van der Waals surface area contributed by atoms with E-state index in [1.54, 1.807) is 37.3 Å². The highest BCUT2D eigenvalue weighted by molar-refractivity contribution is 7.92. The highest BCUT2D eigenvalue weighted by Crippen LogP contribution is 2.23. The fourth-order valence-electron chi connectivity index (χ4n) is 2.40. The molecule has 0 spiro atoms. The van der Waals surface area contributed by atoms with Gasteiger partial charge in [-0.3, -0.25) is 4.79 Å². The van der Waals surface area contributed by atoms with E-state index in [0.29, 0.717) is 11.3 Å². The maximum Gasteiger partial charge on any atom is 0.242 e. The number of anilines is 1. The summed E-state index contributed by atoms with van der Waals surface area (Å²) in [7, 11) is -3.73. The van der Waals surface area contributed by atoms with Crippen LogP contribution in [0.4, 0.5) is 5.69 Å². The minimum atomic E-state index is -3.73. The van der Waals surface area contributed by atoms with Gasteiger partial charge in [0, 0.05) is 5.69 Å². The molecule has 1 unspecified atom stereocenters. The lowest BCUT2D eigenvalue weighted by Gasteiger charge is -2.16. The number of sulfone groups is 1. The third-order valence-electron chi connectivity index (χ3n) is 3.87. The molecule has 1 atom stereocenters. The summed E-state index contributed by atoms with van der Waals surface area (Å²) in [6.07, 6.45) is 0. The van der Waals surface area contributed by atoms with Crippen LogP contribution < -0.4 is 5.32 Å². The number of carbonyl (C=O) groups excluding carboxylic acids is 1. The van der Waals surface area contributed by atoms with Gasteiger partial charge < -0.3 is 5.32 Å². The molecule has 1 amide bonds. The number of benzene rings is 2. The monoisotopic (exact) mass is 331 g/mol. The van der Waals surface area contributed by atoms with E-state index in [4.69, 9.17) is 0 Å². The van der Waals surface area contributed by atoms with Crippen LogP contribution in [0, 0.1) is 20.8 Å². The molecule has 1 N–H and O–H groups in total. The standard InChI is InChI=1S/C18H21NO3S/c1-12-9-10-17(14(3)11-12)23(21,22)15(4)18(20)19-16-8-6-5-7-13(16)2/h5-11,15H,1-4H3,(H,19,20). The Balaban J connectivity index is 2.29. The summed E-state index contributed by atoms with van der Waals surface area (Å²) >= 11 is 0. The summed E-state index contributed by atoms with van der Waals surface area (Å²) in [4.78, 5) is 12.6. The Kier molecular flexibility index (Phi) is 4.90. The lowest BCUT2D eigenvalue weighted by molar-refractivity contribution is -0.115. The van der Waals surface area contributed by atoms with Crippen LogP contribution in [0.3, 0.4) is 0 Å². The molecule has 0 fully saturated rings. The number of carbonyl (C=O) groups is 1. The fourth-order valence-corrected chi connectivity index (χ4v) is 3.88. The number of hydrogen-bond acceptors (Lipinski definition) is 3. The number of amides is 1. The minimum absolute atomic E-state index is 0.204. The van der Waals surface area contributed by atoms with E-state index in [0.717, 1.165) is 11.1 Å². The van der Waals surface area contributed by atoms with Crippen LogP contribution in [0.15, 0.2) is 47.4 Å². The zero-order valence-electron chi connectivity index (χ0n) is 13.8. The molecule has 0 aromatic heterocycles. The van der Waals surface area contributed by atoms with Crippen LogP contribution in [0.2, 0.25) is 0 Å². The molecule has 2 aromatic carbocycles. The van der Waals surface area contributed by atoms with Crippen molar-refractivity contribution in [3.05, 3.63) is 59.2 Å². The smallest absolute Gasteiger partial charge is 0.242 e. The average Bonchev–Trinajstić information content (AvgIpc) is 2.48. The molecule has 0 aliphatic carbocycles. The molecule has 122 valence electrons. The van der Waals surface area contributed by atoms with Gasteiger partial charge in [-0.1, -0.05) is 35.9 Å². The van der Waals surface area contributed by atoms with Crippen molar-refractivity contribution in [1.29, 1.82) is 0 Å². The average molecular weight is 331 g/mol. The molecule has 0 heterocycles. The molecule has 0 aliphatic heterocycles. The van der Waals surface area contributed by atoms with E-state index in [1.165, 1.54) is 6.92 Å². The number of hydrogen-bond donors (Lipinski definition) is 1. The molecule has 5 heteroatoms. The van der Waals surface area contributed by atoms with Gasteiger partial charge in [0.05, 0.1) is 4.90 Å². The number of para-hydroxylation sites is 1. The van der Waals surface area contributed by atoms with Crippen LogP contribution in [0.25, 0.3) is 0 Å². The first-order valence-corrected chi connectivity index (χ1v) is 8.96. The van der Waals surface area contributed by atoms with Crippen molar-refractivity contribution in [1.82, 2.24) is 0 Å². The van der Waals surface area contributed by atoms with Gasteiger partial charge in [-0.05, 0) is 51.0 Å². The van der Waals surface area contributed by atoms with Gasteiger partial charge in [0.15, 0.2) is 9.84 Å². The Bertz CT molecular complexity index is 841. The highest BCUT2D eigenvalue weighted by Gasteiger charge is 2.31. The first-order chi connectivity index (χ1) is 10.7. The number of nitrogens with one attached hydrogen (secondary N) is 1. The largest absolute Gasteiger partial charge is 0.325 e. The minimum Gasteiger partial charge on any atom is -0.325 e. The predicted molar refractivity (Wildman–Crippen MR) is 92.4 cm³/mol. The summed E-state index contributed by atoms with van der Waals surface area (Å²) in [6, 6.07) is 12.4. The Labute approximate surface area is 137 Å². The summed E-state index contributed by atoms with van der Waals surface area (Å²) in [5, 5.41) is 1.54. The van der Waals surface area contributed by atoms with Crippen molar-refractivity contribution in [3.63, 3.8) is 0 Å². The lowest BCUT2D eigenvalue weighted by atomic mass is 10.2.